The van der Waals surface area contributed by atoms with Crippen LogP contribution in [-0.2, 0) is 6.61 Å². The molecule has 0 N–H and O–H groups in total. The summed E-state index contributed by atoms with van der Waals surface area (Å²) in [7, 11) is 0. The summed E-state index contributed by atoms with van der Waals surface area (Å²) in [5, 5.41) is 4.81. The molecule has 0 atom stereocenters. The highest BCUT2D eigenvalue weighted by atomic mass is 35.5. The first-order chi connectivity index (χ1) is 9.20. The molecule has 3 aromatic rings. The minimum Gasteiger partial charge on any atom is -0.486 e. The third kappa shape index (κ3) is 2.66. The molecule has 0 saturated carbocycles. The molecule has 0 aliphatic carbocycles. The van der Waals surface area contributed by atoms with Crippen LogP contribution in [0.2, 0.25) is 5.02 Å². The van der Waals surface area contributed by atoms with Crippen molar-refractivity contribution >= 4 is 17.2 Å². The topological polar surface area (TPSA) is 39.4 Å². The fourth-order valence-electron chi connectivity index (χ4n) is 1.64. The Labute approximate surface area is 113 Å². The average molecular weight is 278 g/mol. The second kappa shape index (κ2) is 4.85. The Kier molecular flexibility index (Phi) is 3.05. The Morgan fingerprint density at radius 3 is 2.74 bits per heavy atom. The van der Waals surface area contributed by atoms with E-state index in [0.29, 0.717) is 22.2 Å². The van der Waals surface area contributed by atoms with Crippen LogP contribution in [0.3, 0.4) is 0 Å². The number of ether oxygens (including phenoxy) is 1. The van der Waals surface area contributed by atoms with Crippen molar-refractivity contribution in [3.8, 4) is 5.75 Å². The molecule has 0 fully saturated rings. The summed E-state index contributed by atoms with van der Waals surface area (Å²) in [6, 6.07) is 9.31. The van der Waals surface area contributed by atoms with Gasteiger partial charge in [0.15, 0.2) is 11.5 Å². The van der Waals surface area contributed by atoms with Gasteiger partial charge in [0, 0.05) is 6.20 Å². The third-order valence-electron chi connectivity index (χ3n) is 2.52. The Morgan fingerprint density at radius 1 is 1.16 bits per heavy atom. The molecule has 2 heterocycles. The van der Waals surface area contributed by atoms with Crippen molar-refractivity contribution < 1.29 is 9.13 Å². The predicted molar refractivity (Wildman–Crippen MR) is 68.7 cm³/mol. The van der Waals surface area contributed by atoms with Crippen molar-refractivity contribution in [1.82, 2.24) is 14.6 Å². The molecule has 0 aliphatic heterocycles. The van der Waals surface area contributed by atoms with Gasteiger partial charge < -0.3 is 4.74 Å². The Morgan fingerprint density at radius 2 is 1.95 bits per heavy atom. The van der Waals surface area contributed by atoms with Gasteiger partial charge in [-0.1, -0.05) is 11.6 Å². The van der Waals surface area contributed by atoms with Gasteiger partial charge in [-0.05, 0) is 36.4 Å². The van der Waals surface area contributed by atoms with Crippen molar-refractivity contribution in [2.75, 3.05) is 0 Å². The minimum absolute atomic E-state index is 0.213. The van der Waals surface area contributed by atoms with Gasteiger partial charge in [0.05, 0.1) is 5.02 Å². The molecule has 0 saturated heterocycles. The maximum Gasteiger partial charge on any atom is 0.189 e. The SMILES string of the molecule is Fc1ccc(OCc2nc3ccc(Cl)cn3n2)cc1. The number of aromatic nitrogens is 3. The maximum absolute atomic E-state index is 12.7. The van der Waals surface area contributed by atoms with E-state index in [4.69, 9.17) is 16.3 Å². The second-order valence-electron chi connectivity index (χ2n) is 3.92. The number of hydrogen-bond donors (Lipinski definition) is 0. The average Bonchev–Trinajstić information content (AvgIpc) is 2.80. The van der Waals surface area contributed by atoms with E-state index in [9.17, 15) is 4.39 Å². The van der Waals surface area contributed by atoms with Crippen LogP contribution < -0.4 is 4.74 Å². The third-order valence-corrected chi connectivity index (χ3v) is 2.74. The standard InChI is InChI=1S/C13H9ClFN3O/c14-9-1-6-13-16-12(17-18(13)7-9)8-19-11-4-2-10(15)3-5-11/h1-7H,8H2. The maximum atomic E-state index is 12.7. The summed E-state index contributed by atoms with van der Waals surface area (Å²) < 4.78 is 19.8. The zero-order valence-electron chi connectivity index (χ0n) is 9.75. The first-order valence-corrected chi connectivity index (χ1v) is 5.98. The largest absolute Gasteiger partial charge is 0.486 e. The fourth-order valence-corrected chi connectivity index (χ4v) is 1.80. The molecule has 6 heteroatoms. The van der Waals surface area contributed by atoms with Gasteiger partial charge >= 0.3 is 0 Å². The molecule has 2 aromatic heterocycles. The van der Waals surface area contributed by atoms with Crippen LogP contribution in [0.25, 0.3) is 5.65 Å². The number of benzene rings is 1. The zero-order valence-corrected chi connectivity index (χ0v) is 10.5. The van der Waals surface area contributed by atoms with Gasteiger partial charge in [-0.25, -0.2) is 13.9 Å². The lowest BCUT2D eigenvalue weighted by molar-refractivity contribution is 0.295. The van der Waals surface area contributed by atoms with Crippen LogP contribution in [0.5, 0.6) is 5.75 Å². The lowest BCUT2D eigenvalue weighted by Crippen LogP contribution is -1.98. The van der Waals surface area contributed by atoms with Gasteiger partial charge in [0.1, 0.15) is 18.2 Å². The number of fused-ring (bicyclic) bond motifs is 1. The number of hydrogen-bond acceptors (Lipinski definition) is 3. The van der Waals surface area contributed by atoms with Gasteiger partial charge in [-0.15, -0.1) is 5.10 Å². The molecule has 0 bridgehead atoms. The number of pyridine rings is 1. The highest BCUT2D eigenvalue weighted by Crippen LogP contribution is 2.13. The number of nitrogens with zero attached hydrogens (tertiary/aromatic N) is 3. The van der Waals surface area contributed by atoms with Crippen LogP contribution >= 0.6 is 11.6 Å². The molecule has 19 heavy (non-hydrogen) atoms. The molecule has 3 rings (SSSR count). The van der Waals surface area contributed by atoms with Crippen molar-refractivity contribution in [3.63, 3.8) is 0 Å². The summed E-state index contributed by atoms with van der Waals surface area (Å²) in [4.78, 5) is 4.28. The van der Waals surface area contributed by atoms with Crippen LogP contribution in [0.15, 0.2) is 42.6 Å². The van der Waals surface area contributed by atoms with Crippen molar-refractivity contribution in [1.29, 1.82) is 0 Å². The lowest BCUT2D eigenvalue weighted by atomic mass is 10.3. The first kappa shape index (κ1) is 11.9. The molecule has 4 nitrogen and oxygen atoms in total. The number of halogens is 2. The van der Waals surface area contributed by atoms with E-state index in [1.165, 1.54) is 12.1 Å². The fraction of sp³-hybridized carbons (Fsp3) is 0.0769. The Hall–Kier alpha value is -2.14. The monoisotopic (exact) mass is 277 g/mol. The highest BCUT2D eigenvalue weighted by molar-refractivity contribution is 6.30. The van der Waals surface area contributed by atoms with Gasteiger partial charge in [-0.3, -0.25) is 0 Å². The minimum atomic E-state index is -0.298. The normalized spacial score (nSPS) is 10.8. The second-order valence-corrected chi connectivity index (χ2v) is 4.36. The molecule has 0 unspecified atom stereocenters. The quantitative estimate of drug-likeness (QED) is 0.738. The smallest absolute Gasteiger partial charge is 0.189 e. The van der Waals surface area contributed by atoms with Gasteiger partial charge in [0.2, 0.25) is 0 Å². The van der Waals surface area contributed by atoms with Crippen LogP contribution in [0.4, 0.5) is 4.39 Å². The van der Waals surface area contributed by atoms with Crippen LogP contribution in [0, 0.1) is 5.82 Å². The first-order valence-electron chi connectivity index (χ1n) is 5.60. The lowest BCUT2D eigenvalue weighted by Gasteiger charge is -2.02. The van der Waals surface area contributed by atoms with E-state index in [1.54, 1.807) is 35.0 Å². The van der Waals surface area contributed by atoms with E-state index in [-0.39, 0.29) is 12.4 Å². The molecular formula is C13H9ClFN3O. The number of rotatable bonds is 3. The molecule has 0 spiro atoms. The Bertz CT molecular complexity index is 711. The van der Waals surface area contributed by atoms with Crippen LogP contribution in [0.1, 0.15) is 5.82 Å². The summed E-state index contributed by atoms with van der Waals surface area (Å²) in [6.45, 7) is 0.213. The van der Waals surface area contributed by atoms with Crippen molar-refractivity contribution in [2.45, 2.75) is 6.61 Å². The van der Waals surface area contributed by atoms with Crippen LogP contribution in [-0.4, -0.2) is 14.6 Å². The molecule has 0 amide bonds. The summed E-state index contributed by atoms with van der Waals surface area (Å²) in [5.41, 5.74) is 0.696. The van der Waals surface area contributed by atoms with Gasteiger partial charge in [-0.2, -0.15) is 0 Å². The molecule has 0 radical (unpaired) electrons. The van der Waals surface area contributed by atoms with Crippen molar-refractivity contribution in [2.24, 2.45) is 0 Å². The summed E-state index contributed by atoms with van der Waals surface area (Å²) in [5.74, 6) is 0.803. The summed E-state index contributed by atoms with van der Waals surface area (Å²) in [6.07, 6.45) is 1.67. The van der Waals surface area contributed by atoms with E-state index in [2.05, 4.69) is 10.1 Å². The highest BCUT2D eigenvalue weighted by Gasteiger charge is 2.05. The summed E-state index contributed by atoms with van der Waals surface area (Å²) >= 11 is 5.86. The van der Waals surface area contributed by atoms with E-state index >= 15 is 0 Å². The van der Waals surface area contributed by atoms with E-state index < -0.39 is 0 Å². The molecule has 0 aliphatic rings. The Balaban J connectivity index is 1.76. The molecule has 96 valence electrons. The van der Waals surface area contributed by atoms with E-state index in [0.717, 1.165) is 0 Å². The molecular weight excluding hydrogens is 269 g/mol. The molecule has 1 aromatic carbocycles. The van der Waals surface area contributed by atoms with E-state index in [1.807, 2.05) is 0 Å². The van der Waals surface area contributed by atoms with Gasteiger partial charge in [0.25, 0.3) is 0 Å². The predicted octanol–water partition coefficient (Wildman–Crippen LogP) is 3.10. The van der Waals surface area contributed by atoms with Crippen molar-refractivity contribution in [3.05, 3.63) is 59.3 Å². The zero-order chi connectivity index (χ0) is 13.2.